The average Bonchev–Trinajstić information content (AvgIpc) is 2.36. The number of aldehydes is 1. The fraction of sp³-hybridized carbons (Fsp3) is 0.375. The summed E-state index contributed by atoms with van der Waals surface area (Å²) >= 11 is 0. The zero-order valence-corrected chi connectivity index (χ0v) is 6.70. The van der Waals surface area contributed by atoms with Crippen LogP contribution in [0.25, 0.3) is 0 Å². The van der Waals surface area contributed by atoms with Crippen molar-refractivity contribution in [1.29, 1.82) is 0 Å². The molecular formula is C8H9O4+. The summed E-state index contributed by atoms with van der Waals surface area (Å²) < 4.78 is 9.22. The highest BCUT2D eigenvalue weighted by Crippen LogP contribution is 2.06. The van der Waals surface area contributed by atoms with Gasteiger partial charge in [0.1, 0.15) is 0 Å². The molecule has 0 aromatic rings. The second-order valence-corrected chi connectivity index (χ2v) is 2.51. The molecule has 4 nitrogen and oxygen atoms in total. The van der Waals surface area contributed by atoms with E-state index in [2.05, 4.69) is 11.0 Å². The van der Waals surface area contributed by atoms with Crippen LogP contribution in [0.4, 0.5) is 0 Å². The van der Waals surface area contributed by atoms with Crippen molar-refractivity contribution in [3.8, 4) is 0 Å². The molecule has 1 unspecified atom stereocenters. The molecule has 4 heteroatoms. The monoisotopic (exact) mass is 169 g/mol. The third kappa shape index (κ3) is 1.78. The fourth-order valence-electron chi connectivity index (χ4n) is 0.716. The predicted octanol–water partition coefficient (Wildman–Crippen LogP) is 0.139. The van der Waals surface area contributed by atoms with E-state index in [1.54, 1.807) is 0 Å². The number of hydrogen-bond acceptors (Lipinski definition) is 3. The summed E-state index contributed by atoms with van der Waals surface area (Å²) in [4.78, 5) is 21.7. The third-order valence-corrected chi connectivity index (χ3v) is 1.37. The van der Waals surface area contributed by atoms with E-state index in [9.17, 15) is 9.59 Å². The Hall–Kier alpha value is -1.45. The molecule has 0 saturated heterocycles. The van der Waals surface area contributed by atoms with Crippen molar-refractivity contribution < 1.29 is 18.8 Å². The van der Waals surface area contributed by atoms with Crippen LogP contribution in [0, 0.1) is 0 Å². The highest BCUT2D eigenvalue weighted by molar-refractivity contribution is 5.90. The maximum absolute atomic E-state index is 10.9. The van der Waals surface area contributed by atoms with Gasteiger partial charge in [0.2, 0.25) is 0 Å². The van der Waals surface area contributed by atoms with Gasteiger partial charge in [-0.15, -0.1) is 0 Å². The molecule has 12 heavy (non-hydrogen) atoms. The Kier molecular flexibility index (Phi) is 2.38. The average molecular weight is 169 g/mol. The molecule has 0 spiro atoms. The fourth-order valence-corrected chi connectivity index (χ4v) is 0.716. The van der Waals surface area contributed by atoms with E-state index < -0.39 is 18.0 Å². The van der Waals surface area contributed by atoms with Crippen LogP contribution in [-0.2, 0) is 18.8 Å². The van der Waals surface area contributed by atoms with Gasteiger partial charge in [0.15, 0.2) is 6.29 Å². The van der Waals surface area contributed by atoms with Crippen molar-refractivity contribution in [3.63, 3.8) is 0 Å². The van der Waals surface area contributed by atoms with Crippen molar-refractivity contribution in [1.82, 2.24) is 0 Å². The maximum atomic E-state index is 10.9. The summed E-state index contributed by atoms with van der Waals surface area (Å²) in [6.45, 7) is 4.91. The van der Waals surface area contributed by atoms with Gasteiger partial charge in [0.05, 0.1) is 11.2 Å². The lowest BCUT2D eigenvalue weighted by molar-refractivity contribution is -0.371. The number of esters is 1. The zero-order valence-electron chi connectivity index (χ0n) is 6.70. The molecule has 0 aromatic heterocycles. The Labute approximate surface area is 69.5 Å². The second-order valence-electron chi connectivity index (χ2n) is 2.51. The molecule has 1 aliphatic rings. The van der Waals surface area contributed by atoms with Crippen LogP contribution in [-0.4, -0.2) is 24.3 Å². The largest absolute Gasteiger partial charge is 0.621 e. The topological polar surface area (TPSA) is 54.7 Å². The van der Waals surface area contributed by atoms with E-state index in [1.165, 1.54) is 13.2 Å². The van der Waals surface area contributed by atoms with Crippen LogP contribution < -0.4 is 0 Å². The van der Waals surface area contributed by atoms with Crippen molar-refractivity contribution in [2.75, 3.05) is 0 Å². The SMILES string of the molecule is C=C(C)C(=O)OC1CC=[O+]C1=O. The Balaban J connectivity index is 2.48. The second kappa shape index (κ2) is 3.30. The molecule has 0 radical (unpaired) electrons. The Morgan fingerprint density at radius 3 is 2.92 bits per heavy atom. The molecule has 0 fully saturated rings. The predicted molar refractivity (Wildman–Crippen MR) is 40.4 cm³/mol. The van der Waals surface area contributed by atoms with Crippen LogP contribution in [0.15, 0.2) is 12.2 Å². The van der Waals surface area contributed by atoms with E-state index in [4.69, 9.17) is 4.74 Å². The molecular weight excluding hydrogens is 160 g/mol. The molecule has 0 bridgehead atoms. The van der Waals surface area contributed by atoms with Crippen molar-refractivity contribution >= 4 is 18.2 Å². The number of rotatable bonds is 2. The van der Waals surface area contributed by atoms with E-state index >= 15 is 0 Å². The zero-order chi connectivity index (χ0) is 9.14. The summed E-state index contributed by atoms with van der Waals surface area (Å²) in [5.41, 5.74) is 0.273. The Bertz CT molecular complexity index is 264. The summed E-state index contributed by atoms with van der Waals surface area (Å²) in [6.07, 6.45) is 0.852. The molecule has 1 heterocycles. The third-order valence-electron chi connectivity index (χ3n) is 1.37. The van der Waals surface area contributed by atoms with Gasteiger partial charge in [0, 0.05) is 5.57 Å². The lowest BCUT2D eigenvalue weighted by Crippen LogP contribution is -2.23. The van der Waals surface area contributed by atoms with Crippen molar-refractivity contribution in [2.45, 2.75) is 19.4 Å². The first kappa shape index (κ1) is 8.64. The first-order valence-electron chi connectivity index (χ1n) is 3.50. The molecule has 1 rings (SSSR count). The van der Waals surface area contributed by atoms with E-state index in [0.29, 0.717) is 6.42 Å². The molecule has 0 aromatic carbocycles. The van der Waals surface area contributed by atoms with Gasteiger partial charge in [0.25, 0.3) is 6.10 Å². The lowest BCUT2D eigenvalue weighted by Gasteiger charge is -2.02. The summed E-state index contributed by atoms with van der Waals surface area (Å²) in [5.74, 6) is -1.09. The van der Waals surface area contributed by atoms with Gasteiger partial charge in [-0.3, -0.25) is 4.42 Å². The quantitative estimate of drug-likeness (QED) is 0.256. The van der Waals surface area contributed by atoms with Gasteiger partial charge in [-0.05, 0) is 6.92 Å². The van der Waals surface area contributed by atoms with E-state index in [-0.39, 0.29) is 5.57 Å². The molecule has 0 amide bonds. The van der Waals surface area contributed by atoms with Gasteiger partial charge in [-0.2, -0.15) is 0 Å². The van der Waals surface area contributed by atoms with Crippen LogP contribution >= 0.6 is 0 Å². The maximum Gasteiger partial charge on any atom is 0.621 e. The number of hydrogen-bond donors (Lipinski definition) is 0. The number of ether oxygens (including phenoxy) is 1. The molecule has 1 aliphatic heterocycles. The lowest BCUT2D eigenvalue weighted by atomic mass is 10.3. The van der Waals surface area contributed by atoms with Crippen LogP contribution in [0.3, 0.4) is 0 Å². The smallest absolute Gasteiger partial charge is 0.440 e. The highest BCUT2D eigenvalue weighted by atomic mass is 16.6. The Morgan fingerprint density at radius 2 is 2.50 bits per heavy atom. The molecule has 1 atom stereocenters. The van der Waals surface area contributed by atoms with Crippen LogP contribution in [0.5, 0.6) is 0 Å². The van der Waals surface area contributed by atoms with Crippen molar-refractivity contribution in [3.05, 3.63) is 12.2 Å². The minimum atomic E-state index is -0.783. The molecule has 0 N–H and O–H groups in total. The van der Waals surface area contributed by atoms with E-state index in [0.717, 1.165) is 0 Å². The number of carbonyl (C=O) groups is 2. The normalized spacial score (nSPS) is 21.1. The standard InChI is InChI=1S/C8H9O4/c1-5(2)7(9)12-6-3-4-11-8(6)10/h4,6H,1,3H2,2H3/q+1. The molecule has 64 valence electrons. The minimum Gasteiger partial charge on any atom is -0.440 e. The van der Waals surface area contributed by atoms with Gasteiger partial charge < -0.3 is 4.74 Å². The van der Waals surface area contributed by atoms with Crippen molar-refractivity contribution in [2.24, 2.45) is 0 Å². The molecule has 0 aliphatic carbocycles. The first-order valence-corrected chi connectivity index (χ1v) is 3.50. The minimum absolute atomic E-state index is 0.273. The Morgan fingerprint density at radius 1 is 1.83 bits per heavy atom. The van der Waals surface area contributed by atoms with Crippen LogP contribution in [0.2, 0.25) is 0 Å². The summed E-state index contributed by atoms with van der Waals surface area (Å²) in [6, 6.07) is 0. The molecule has 0 saturated carbocycles. The summed E-state index contributed by atoms with van der Waals surface area (Å²) in [7, 11) is 0. The van der Waals surface area contributed by atoms with Gasteiger partial charge in [-0.1, -0.05) is 6.58 Å². The number of carbonyl (C=O) groups excluding carboxylic acids is 3. The van der Waals surface area contributed by atoms with Gasteiger partial charge >= 0.3 is 11.9 Å². The van der Waals surface area contributed by atoms with Gasteiger partial charge in [-0.25, -0.2) is 4.79 Å². The van der Waals surface area contributed by atoms with Crippen LogP contribution in [0.1, 0.15) is 13.3 Å². The van der Waals surface area contributed by atoms with E-state index in [1.807, 2.05) is 0 Å². The highest BCUT2D eigenvalue weighted by Gasteiger charge is 2.37. The summed E-state index contributed by atoms with van der Waals surface area (Å²) in [5, 5.41) is 0. The first-order chi connectivity index (χ1) is 5.61.